The van der Waals surface area contributed by atoms with E-state index in [-0.39, 0.29) is 16.2 Å². The van der Waals surface area contributed by atoms with Crippen molar-refractivity contribution in [3.05, 3.63) is 93.6 Å². The van der Waals surface area contributed by atoms with Gasteiger partial charge >= 0.3 is 5.97 Å². The fourth-order valence-electron chi connectivity index (χ4n) is 2.44. The summed E-state index contributed by atoms with van der Waals surface area (Å²) in [5.41, 5.74) is 0.876. The summed E-state index contributed by atoms with van der Waals surface area (Å²) in [5.74, 6) is -1.12. The zero-order chi connectivity index (χ0) is 20.9. The Morgan fingerprint density at radius 2 is 1.52 bits per heavy atom. The number of ketones is 1. The maximum atomic E-state index is 12.6. The highest BCUT2D eigenvalue weighted by Gasteiger charge is 2.18. The summed E-state index contributed by atoms with van der Waals surface area (Å²) in [4.78, 5) is 24.2. The van der Waals surface area contributed by atoms with Gasteiger partial charge < -0.3 is 4.74 Å². The molecule has 0 atom stereocenters. The molecule has 8 heteroatoms. The van der Waals surface area contributed by atoms with Gasteiger partial charge in [-0.15, -0.1) is 0 Å². The van der Waals surface area contributed by atoms with Crippen LogP contribution < -0.4 is 4.72 Å². The molecule has 0 aliphatic heterocycles. The van der Waals surface area contributed by atoms with Gasteiger partial charge in [-0.1, -0.05) is 36.4 Å². The van der Waals surface area contributed by atoms with Crippen LogP contribution >= 0.6 is 22.6 Å². The summed E-state index contributed by atoms with van der Waals surface area (Å²) < 4.78 is 33.7. The van der Waals surface area contributed by atoms with Crippen molar-refractivity contribution in [2.24, 2.45) is 0 Å². The van der Waals surface area contributed by atoms with E-state index in [0.717, 1.165) is 3.57 Å². The van der Waals surface area contributed by atoms with Gasteiger partial charge in [-0.25, -0.2) is 13.2 Å². The van der Waals surface area contributed by atoms with Gasteiger partial charge in [-0.3, -0.25) is 9.52 Å². The Morgan fingerprint density at radius 1 is 0.862 bits per heavy atom. The molecule has 0 saturated carbocycles. The number of nitrogens with one attached hydrogen (secondary N) is 1. The number of hydrogen-bond donors (Lipinski definition) is 1. The van der Waals surface area contributed by atoms with Gasteiger partial charge in [0.2, 0.25) is 0 Å². The number of sulfonamides is 1. The number of Topliss-reactive ketones (excluding diaryl/α,β-unsaturated/α-hetero) is 1. The topological polar surface area (TPSA) is 89.5 Å². The van der Waals surface area contributed by atoms with Crippen LogP contribution in [-0.2, 0) is 14.8 Å². The van der Waals surface area contributed by atoms with Crippen LogP contribution in [0.15, 0.2) is 83.8 Å². The molecular formula is C21H16INO5S. The smallest absolute Gasteiger partial charge is 0.338 e. The van der Waals surface area contributed by atoms with Crippen molar-refractivity contribution in [1.29, 1.82) is 0 Å². The van der Waals surface area contributed by atoms with Crippen molar-refractivity contribution in [3.8, 4) is 0 Å². The molecule has 0 amide bonds. The van der Waals surface area contributed by atoms with E-state index in [0.29, 0.717) is 11.3 Å². The average molecular weight is 521 g/mol. The lowest BCUT2D eigenvalue weighted by Crippen LogP contribution is -2.16. The number of benzene rings is 3. The number of esters is 1. The lowest BCUT2D eigenvalue weighted by atomic mass is 10.1. The molecule has 0 aliphatic carbocycles. The molecule has 6 nitrogen and oxygen atoms in total. The summed E-state index contributed by atoms with van der Waals surface area (Å²) in [6, 6.07) is 20.8. The number of carbonyl (C=O) groups excluding carboxylic acids is 2. The van der Waals surface area contributed by atoms with Gasteiger partial charge in [0.05, 0.1) is 10.5 Å². The summed E-state index contributed by atoms with van der Waals surface area (Å²) in [6.07, 6.45) is 0. The molecule has 29 heavy (non-hydrogen) atoms. The fourth-order valence-corrected chi connectivity index (χ4v) is 3.91. The summed E-state index contributed by atoms with van der Waals surface area (Å²) in [5, 5.41) is 0. The predicted octanol–water partition coefficient (Wildman–Crippen LogP) is 4.13. The minimum Gasteiger partial charge on any atom is -0.454 e. The molecule has 0 aliphatic rings. The Morgan fingerprint density at radius 3 is 2.21 bits per heavy atom. The second kappa shape index (κ2) is 9.19. The normalized spacial score (nSPS) is 10.9. The third-order valence-electron chi connectivity index (χ3n) is 3.91. The summed E-state index contributed by atoms with van der Waals surface area (Å²) >= 11 is 2.12. The molecule has 3 rings (SSSR count). The van der Waals surface area contributed by atoms with Crippen LogP contribution in [0.5, 0.6) is 0 Å². The molecular weight excluding hydrogens is 505 g/mol. The first-order valence-electron chi connectivity index (χ1n) is 8.49. The van der Waals surface area contributed by atoms with E-state index < -0.39 is 22.6 Å². The molecule has 0 spiro atoms. The zero-order valence-electron chi connectivity index (χ0n) is 15.0. The van der Waals surface area contributed by atoms with Crippen LogP contribution in [0.3, 0.4) is 0 Å². The highest BCUT2D eigenvalue weighted by atomic mass is 127. The van der Waals surface area contributed by atoms with Crippen LogP contribution in [0.1, 0.15) is 20.7 Å². The lowest BCUT2D eigenvalue weighted by molar-refractivity contribution is 0.0474. The van der Waals surface area contributed by atoms with E-state index in [1.807, 2.05) is 0 Å². The molecule has 0 fully saturated rings. The largest absolute Gasteiger partial charge is 0.454 e. The maximum absolute atomic E-state index is 12.6. The van der Waals surface area contributed by atoms with Gasteiger partial charge in [0.25, 0.3) is 10.0 Å². The second-order valence-electron chi connectivity index (χ2n) is 6.01. The Hall–Kier alpha value is -2.72. The Labute approximate surface area is 182 Å². The van der Waals surface area contributed by atoms with Crippen molar-refractivity contribution in [2.75, 3.05) is 11.3 Å². The highest BCUT2D eigenvalue weighted by molar-refractivity contribution is 14.1. The van der Waals surface area contributed by atoms with Crippen molar-refractivity contribution < 1.29 is 22.7 Å². The summed E-state index contributed by atoms with van der Waals surface area (Å²) in [7, 11) is -3.88. The first-order valence-corrected chi connectivity index (χ1v) is 11.1. The van der Waals surface area contributed by atoms with Crippen molar-refractivity contribution in [1.82, 2.24) is 0 Å². The van der Waals surface area contributed by atoms with E-state index >= 15 is 0 Å². The first-order chi connectivity index (χ1) is 13.8. The summed E-state index contributed by atoms with van der Waals surface area (Å²) in [6.45, 7) is -0.430. The van der Waals surface area contributed by atoms with Crippen molar-refractivity contribution in [3.63, 3.8) is 0 Å². The third-order valence-corrected chi connectivity index (χ3v) is 6.00. The molecule has 3 aromatic rings. The Kier molecular flexibility index (Phi) is 6.65. The number of carbonyl (C=O) groups is 2. The number of halogens is 1. The van der Waals surface area contributed by atoms with E-state index in [1.54, 1.807) is 54.6 Å². The van der Waals surface area contributed by atoms with Crippen LogP contribution in [0, 0.1) is 3.57 Å². The van der Waals surface area contributed by atoms with Gasteiger partial charge in [0, 0.05) is 14.8 Å². The van der Waals surface area contributed by atoms with Crippen molar-refractivity contribution >= 4 is 50.1 Å². The molecule has 3 aromatic carbocycles. The van der Waals surface area contributed by atoms with Gasteiger partial charge in [0.15, 0.2) is 12.4 Å². The van der Waals surface area contributed by atoms with E-state index in [2.05, 4.69) is 27.3 Å². The third kappa shape index (κ3) is 5.64. The van der Waals surface area contributed by atoms with Gasteiger partial charge in [-0.2, -0.15) is 0 Å². The highest BCUT2D eigenvalue weighted by Crippen LogP contribution is 2.19. The average Bonchev–Trinajstić information content (AvgIpc) is 2.74. The molecule has 0 saturated heterocycles. The Bertz CT molecular complexity index is 1130. The molecule has 0 unspecified atom stereocenters. The molecule has 0 bridgehead atoms. The van der Waals surface area contributed by atoms with Crippen LogP contribution in [0.25, 0.3) is 0 Å². The van der Waals surface area contributed by atoms with Crippen molar-refractivity contribution in [2.45, 2.75) is 4.90 Å². The molecule has 0 heterocycles. The van der Waals surface area contributed by atoms with Crippen LogP contribution in [0.2, 0.25) is 0 Å². The standard InChI is InChI=1S/C21H16INO5S/c22-17-9-11-18(12-10-17)23-29(26,27)19-8-4-7-16(13-19)21(25)28-14-20(24)15-5-2-1-3-6-15/h1-13,23H,14H2. The zero-order valence-corrected chi connectivity index (χ0v) is 18.0. The van der Waals surface area contributed by atoms with E-state index in [9.17, 15) is 18.0 Å². The number of hydrogen-bond acceptors (Lipinski definition) is 5. The van der Waals surface area contributed by atoms with E-state index in [4.69, 9.17) is 4.74 Å². The first kappa shape index (κ1) is 21.0. The lowest BCUT2D eigenvalue weighted by Gasteiger charge is -2.10. The monoisotopic (exact) mass is 521 g/mol. The molecule has 0 aromatic heterocycles. The molecule has 1 N–H and O–H groups in total. The SMILES string of the molecule is O=C(COC(=O)c1cccc(S(=O)(=O)Nc2ccc(I)cc2)c1)c1ccccc1. The quantitative estimate of drug-likeness (QED) is 0.287. The van der Waals surface area contributed by atoms with Crippen LogP contribution in [0.4, 0.5) is 5.69 Å². The predicted molar refractivity (Wildman–Crippen MR) is 117 cm³/mol. The number of rotatable bonds is 7. The number of ether oxygens (including phenoxy) is 1. The Balaban J connectivity index is 1.70. The van der Waals surface area contributed by atoms with Gasteiger partial charge in [-0.05, 0) is 65.1 Å². The van der Waals surface area contributed by atoms with E-state index in [1.165, 1.54) is 24.3 Å². The number of anilines is 1. The molecule has 0 radical (unpaired) electrons. The second-order valence-corrected chi connectivity index (χ2v) is 8.93. The minimum atomic E-state index is -3.88. The minimum absolute atomic E-state index is 0.0383. The maximum Gasteiger partial charge on any atom is 0.338 e. The van der Waals surface area contributed by atoms with Gasteiger partial charge in [0.1, 0.15) is 0 Å². The van der Waals surface area contributed by atoms with Crippen LogP contribution in [-0.4, -0.2) is 26.8 Å². The fraction of sp³-hybridized carbons (Fsp3) is 0.0476. The molecule has 148 valence electrons.